The Balaban J connectivity index is 3.87. The lowest BCUT2D eigenvalue weighted by Crippen LogP contribution is -2.23. The third kappa shape index (κ3) is 4.89. The minimum atomic E-state index is -1.84. The van der Waals surface area contributed by atoms with Gasteiger partial charge in [-0.05, 0) is 18.6 Å². The van der Waals surface area contributed by atoms with Crippen LogP contribution in [0.1, 0.15) is 27.7 Å². The lowest BCUT2D eigenvalue weighted by atomic mass is 9.91. The van der Waals surface area contributed by atoms with Gasteiger partial charge in [-0.1, -0.05) is 32.2 Å². The summed E-state index contributed by atoms with van der Waals surface area (Å²) in [4.78, 5) is 0. The normalized spacial score (nSPS) is 17.9. The summed E-state index contributed by atoms with van der Waals surface area (Å²) in [5, 5.41) is 0. The minimum Gasteiger partial charge on any atom is -0.320 e. The smallest absolute Gasteiger partial charge is 0.246 e. The zero-order chi connectivity index (χ0) is 9.07. The molecule has 0 saturated heterocycles. The van der Waals surface area contributed by atoms with Gasteiger partial charge in [-0.25, -0.2) is 0 Å². The van der Waals surface area contributed by atoms with E-state index in [9.17, 15) is 4.57 Å². The van der Waals surface area contributed by atoms with E-state index in [0.717, 1.165) is 0 Å². The summed E-state index contributed by atoms with van der Waals surface area (Å²) in [6, 6.07) is 0. The molecule has 0 radical (unpaired) electrons. The van der Waals surface area contributed by atoms with E-state index < -0.39 is 7.23 Å². The standard InChI is InChI=1S/C7H17O2PS/c1-6(7(2,3)4)9-10(8)11-5/h6,10H,1-5H3. The van der Waals surface area contributed by atoms with Gasteiger partial charge in [0, 0.05) is 0 Å². The van der Waals surface area contributed by atoms with Crippen LogP contribution in [0.25, 0.3) is 0 Å². The van der Waals surface area contributed by atoms with Crippen molar-refractivity contribution in [2.45, 2.75) is 33.8 Å². The van der Waals surface area contributed by atoms with Crippen LogP contribution in [0.4, 0.5) is 0 Å². The van der Waals surface area contributed by atoms with Crippen molar-refractivity contribution in [3.63, 3.8) is 0 Å². The van der Waals surface area contributed by atoms with Gasteiger partial charge in [0.25, 0.3) is 0 Å². The molecule has 2 atom stereocenters. The second-order valence-electron chi connectivity index (χ2n) is 3.58. The number of hydrogen-bond acceptors (Lipinski definition) is 3. The first-order valence-electron chi connectivity index (χ1n) is 3.62. The zero-order valence-electron chi connectivity index (χ0n) is 7.80. The highest BCUT2D eigenvalue weighted by molar-refractivity contribution is 8.49. The van der Waals surface area contributed by atoms with Gasteiger partial charge in [-0.15, -0.1) is 0 Å². The van der Waals surface area contributed by atoms with Crippen molar-refractivity contribution in [1.82, 2.24) is 0 Å². The lowest BCUT2D eigenvalue weighted by molar-refractivity contribution is 0.116. The topological polar surface area (TPSA) is 26.3 Å². The second-order valence-corrected chi connectivity index (χ2v) is 6.95. The van der Waals surface area contributed by atoms with Crippen molar-refractivity contribution in [2.75, 3.05) is 6.26 Å². The third-order valence-electron chi connectivity index (χ3n) is 1.66. The summed E-state index contributed by atoms with van der Waals surface area (Å²) >= 11 is 1.29. The molecule has 0 aliphatic rings. The van der Waals surface area contributed by atoms with Crippen LogP contribution in [0.5, 0.6) is 0 Å². The molecule has 0 aromatic carbocycles. The fourth-order valence-electron chi connectivity index (χ4n) is 0.369. The Morgan fingerprint density at radius 2 is 1.91 bits per heavy atom. The van der Waals surface area contributed by atoms with Gasteiger partial charge in [-0.2, -0.15) is 0 Å². The van der Waals surface area contributed by atoms with Crippen LogP contribution in [-0.4, -0.2) is 12.4 Å². The molecule has 0 aliphatic heterocycles. The summed E-state index contributed by atoms with van der Waals surface area (Å²) < 4.78 is 16.3. The molecule has 11 heavy (non-hydrogen) atoms. The third-order valence-corrected chi connectivity index (χ3v) is 3.83. The van der Waals surface area contributed by atoms with E-state index in [2.05, 4.69) is 20.8 Å². The van der Waals surface area contributed by atoms with E-state index in [1.165, 1.54) is 11.4 Å². The Morgan fingerprint density at radius 1 is 1.45 bits per heavy atom. The van der Waals surface area contributed by atoms with Crippen molar-refractivity contribution in [1.29, 1.82) is 0 Å². The molecule has 2 unspecified atom stereocenters. The highest BCUT2D eigenvalue weighted by atomic mass is 32.7. The highest BCUT2D eigenvalue weighted by Gasteiger charge is 2.22. The minimum absolute atomic E-state index is 0.0568. The SMILES string of the molecule is CS[PH](=O)OC(C)C(C)(C)C. The van der Waals surface area contributed by atoms with Crippen molar-refractivity contribution in [3.05, 3.63) is 0 Å². The number of hydrogen-bond donors (Lipinski definition) is 0. The maximum absolute atomic E-state index is 11.0. The van der Waals surface area contributed by atoms with Gasteiger partial charge in [0.05, 0.1) is 6.10 Å². The van der Waals surface area contributed by atoms with Crippen molar-refractivity contribution >= 4 is 18.6 Å². The fourth-order valence-corrected chi connectivity index (χ4v) is 1.83. The van der Waals surface area contributed by atoms with Crippen molar-refractivity contribution in [3.8, 4) is 0 Å². The molecule has 0 fully saturated rings. The molecule has 0 heterocycles. The predicted molar refractivity (Wildman–Crippen MR) is 52.5 cm³/mol. The summed E-state index contributed by atoms with van der Waals surface area (Å²) in [6.07, 6.45) is 1.86. The van der Waals surface area contributed by atoms with Crippen LogP contribution in [-0.2, 0) is 9.09 Å². The van der Waals surface area contributed by atoms with Gasteiger partial charge >= 0.3 is 0 Å². The molecule has 4 heteroatoms. The summed E-state index contributed by atoms with van der Waals surface area (Å²) in [5.74, 6) is 0. The molecule has 0 amide bonds. The Bertz CT molecular complexity index is 142. The molecule has 68 valence electrons. The quantitative estimate of drug-likeness (QED) is 0.648. The molecule has 0 aromatic rings. The van der Waals surface area contributed by atoms with Gasteiger partial charge in [0.15, 0.2) is 0 Å². The van der Waals surface area contributed by atoms with E-state index in [-0.39, 0.29) is 11.5 Å². The molecule has 0 aliphatic carbocycles. The van der Waals surface area contributed by atoms with Crippen LogP contribution < -0.4 is 0 Å². The average molecular weight is 196 g/mol. The first-order chi connectivity index (χ1) is 4.88. The van der Waals surface area contributed by atoms with Crippen LogP contribution in [0.3, 0.4) is 0 Å². The van der Waals surface area contributed by atoms with Crippen LogP contribution in [0, 0.1) is 5.41 Å². The van der Waals surface area contributed by atoms with Crippen molar-refractivity contribution < 1.29 is 9.09 Å². The number of rotatable bonds is 3. The van der Waals surface area contributed by atoms with Gasteiger partial charge in [0.2, 0.25) is 7.23 Å². The van der Waals surface area contributed by atoms with E-state index in [1.54, 1.807) is 6.26 Å². The van der Waals surface area contributed by atoms with E-state index in [4.69, 9.17) is 4.52 Å². The van der Waals surface area contributed by atoms with Gasteiger partial charge < -0.3 is 4.52 Å². The Hall–Kier alpha value is 0.540. The molecule has 0 spiro atoms. The summed E-state index contributed by atoms with van der Waals surface area (Å²) in [7, 11) is -1.84. The average Bonchev–Trinajstić information content (AvgIpc) is 1.85. The lowest BCUT2D eigenvalue weighted by Gasteiger charge is -2.26. The first kappa shape index (κ1) is 11.5. The molecule has 0 bridgehead atoms. The van der Waals surface area contributed by atoms with Crippen LogP contribution >= 0.6 is 18.6 Å². The van der Waals surface area contributed by atoms with E-state index in [1.807, 2.05) is 6.92 Å². The first-order valence-corrected chi connectivity index (χ1v) is 6.89. The van der Waals surface area contributed by atoms with E-state index >= 15 is 0 Å². The molecule has 0 rings (SSSR count). The monoisotopic (exact) mass is 196 g/mol. The van der Waals surface area contributed by atoms with Crippen LogP contribution in [0.2, 0.25) is 0 Å². The van der Waals surface area contributed by atoms with Crippen molar-refractivity contribution in [2.24, 2.45) is 5.41 Å². The molecule has 2 nitrogen and oxygen atoms in total. The highest BCUT2D eigenvalue weighted by Crippen LogP contribution is 2.40. The molecule has 0 saturated carbocycles. The Morgan fingerprint density at radius 3 is 2.18 bits per heavy atom. The Labute approximate surface area is 73.7 Å². The molecular weight excluding hydrogens is 179 g/mol. The maximum Gasteiger partial charge on any atom is 0.246 e. The largest absolute Gasteiger partial charge is 0.320 e. The Kier molecular flexibility index (Phi) is 4.76. The zero-order valence-corrected chi connectivity index (χ0v) is 9.62. The van der Waals surface area contributed by atoms with Gasteiger partial charge in [0.1, 0.15) is 0 Å². The van der Waals surface area contributed by atoms with E-state index in [0.29, 0.717) is 0 Å². The predicted octanol–water partition coefficient (Wildman–Crippen LogP) is 3.19. The fraction of sp³-hybridized carbons (Fsp3) is 1.00. The molecule has 0 N–H and O–H groups in total. The van der Waals surface area contributed by atoms with Gasteiger partial charge in [-0.3, -0.25) is 4.57 Å². The second kappa shape index (κ2) is 4.54. The maximum atomic E-state index is 11.0. The van der Waals surface area contributed by atoms with Crippen LogP contribution in [0.15, 0.2) is 0 Å². The summed E-state index contributed by atoms with van der Waals surface area (Å²) in [5.41, 5.74) is 0.0794. The molecular formula is C7H17O2PS. The molecule has 0 aromatic heterocycles. The summed E-state index contributed by atoms with van der Waals surface area (Å²) in [6.45, 7) is 8.19.